The number of nitrogens with zero attached hydrogens (tertiary/aromatic N) is 1. The lowest BCUT2D eigenvalue weighted by molar-refractivity contribution is -0.530. The van der Waals surface area contributed by atoms with Gasteiger partial charge in [-0.05, 0) is 6.07 Å². The minimum Gasteiger partial charge on any atom is -0.486 e. The van der Waals surface area contributed by atoms with E-state index in [-0.39, 0.29) is 6.61 Å². The largest absolute Gasteiger partial charge is 0.486 e. The van der Waals surface area contributed by atoms with E-state index in [1.807, 2.05) is 0 Å². The number of hydrogen-bond donors (Lipinski definition) is 0. The Balaban J connectivity index is 2.50. The molecule has 0 aliphatic carbocycles. The molecule has 1 heterocycles. The first-order valence-corrected chi connectivity index (χ1v) is 5.96. The molecule has 0 unspecified atom stereocenters. The number of ether oxygens (including phenoxy) is 1. The van der Waals surface area contributed by atoms with Gasteiger partial charge in [0, 0.05) is 10.5 Å². The smallest absolute Gasteiger partial charge is 0.257 e. The first kappa shape index (κ1) is 12.7. The second kappa shape index (κ2) is 4.52. The molecule has 0 aromatic heterocycles. The third kappa shape index (κ3) is 2.44. The van der Waals surface area contributed by atoms with E-state index in [2.05, 4.69) is 0 Å². The molecule has 17 heavy (non-hydrogen) atoms. The van der Waals surface area contributed by atoms with Crippen LogP contribution in [0.15, 0.2) is 24.3 Å². The van der Waals surface area contributed by atoms with Crippen LogP contribution < -0.4 is 4.74 Å². The number of halogens is 3. The van der Waals surface area contributed by atoms with Gasteiger partial charge < -0.3 is 4.74 Å². The summed E-state index contributed by atoms with van der Waals surface area (Å²) in [6, 6.07) is 5.82. The molecule has 0 saturated carbocycles. The summed E-state index contributed by atoms with van der Waals surface area (Å²) < 4.78 is 3.57. The van der Waals surface area contributed by atoms with Gasteiger partial charge in [0.15, 0.2) is 6.61 Å². The van der Waals surface area contributed by atoms with Crippen LogP contribution >= 0.6 is 34.8 Å². The molecule has 0 radical (unpaired) electrons. The summed E-state index contributed by atoms with van der Waals surface area (Å²) in [7, 11) is 0. The number of benzene rings is 1. The van der Waals surface area contributed by atoms with Crippen molar-refractivity contribution < 1.29 is 9.66 Å². The van der Waals surface area contributed by atoms with Crippen LogP contribution in [0.5, 0.6) is 5.75 Å². The van der Waals surface area contributed by atoms with E-state index < -0.39 is 20.7 Å². The summed E-state index contributed by atoms with van der Waals surface area (Å²) in [5.41, 5.74) is 0.556. The van der Waals surface area contributed by atoms with Crippen molar-refractivity contribution in [3.05, 3.63) is 39.9 Å². The van der Waals surface area contributed by atoms with Gasteiger partial charge in [-0.1, -0.05) is 53.0 Å². The molecule has 1 aliphatic rings. The summed E-state index contributed by atoms with van der Waals surface area (Å²) in [5, 5.41) is 11.0. The highest BCUT2D eigenvalue weighted by atomic mass is 35.6. The fourth-order valence-corrected chi connectivity index (χ4v) is 2.71. The molecule has 1 aromatic carbocycles. The molecule has 0 fully saturated rings. The maximum atomic E-state index is 11.0. The lowest BCUT2D eigenvalue weighted by atomic mass is 9.90. The Bertz CT molecular complexity index is 447. The Morgan fingerprint density at radius 2 is 2.00 bits per heavy atom. The van der Waals surface area contributed by atoms with E-state index in [9.17, 15) is 10.1 Å². The zero-order chi connectivity index (χ0) is 12.6. The summed E-state index contributed by atoms with van der Waals surface area (Å²) in [6.07, 6.45) is 0. The van der Waals surface area contributed by atoms with Crippen molar-refractivity contribution >= 4 is 34.8 Å². The Labute approximate surface area is 113 Å². The van der Waals surface area contributed by atoms with Crippen molar-refractivity contribution in [3.8, 4) is 5.75 Å². The van der Waals surface area contributed by atoms with E-state index in [1.165, 1.54) is 0 Å². The minimum atomic E-state index is -1.74. The fraction of sp³-hybridized carbons (Fsp3) is 0.400. The molecule has 2 rings (SSSR count). The van der Waals surface area contributed by atoms with Crippen molar-refractivity contribution in [2.75, 3.05) is 6.61 Å². The van der Waals surface area contributed by atoms with Gasteiger partial charge in [0.25, 0.3) is 6.04 Å². The molecule has 0 N–H and O–H groups in total. The molecule has 2 atom stereocenters. The van der Waals surface area contributed by atoms with Crippen molar-refractivity contribution in [1.82, 2.24) is 0 Å². The van der Waals surface area contributed by atoms with Gasteiger partial charge in [-0.2, -0.15) is 0 Å². The molecule has 0 bridgehead atoms. The second-order valence-corrected chi connectivity index (χ2v) is 6.09. The van der Waals surface area contributed by atoms with E-state index in [0.29, 0.717) is 11.3 Å². The molecular weight excluding hydrogens is 288 g/mol. The van der Waals surface area contributed by atoms with Gasteiger partial charge in [-0.15, -0.1) is 0 Å². The number of fused-ring (bicyclic) bond motifs is 1. The number of alkyl halides is 3. The van der Waals surface area contributed by atoms with Crippen molar-refractivity contribution in [3.63, 3.8) is 0 Å². The van der Waals surface area contributed by atoms with Crippen molar-refractivity contribution in [1.29, 1.82) is 0 Å². The van der Waals surface area contributed by atoms with Crippen LogP contribution in [-0.2, 0) is 0 Å². The predicted octanol–water partition coefficient (Wildman–Crippen LogP) is 3.18. The standard InChI is InChI=1S/C10H8Cl3NO3/c11-10(12,13)9-6-3-1-2-4-8(6)17-5-7(9)14(15)16/h1-4,7,9H,5H2/t7-,9+/m1/s1. The molecule has 0 amide bonds. The van der Waals surface area contributed by atoms with Gasteiger partial charge in [-0.25, -0.2) is 0 Å². The monoisotopic (exact) mass is 295 g/mol. The average molecular weight is 297 g/mol. The molecule has 1 aromatic rings. The van der Waals surface area contributed by atoms with Gasteiger partial charge >= 0.3 is 0 Å². The Morgan fingerprint density at radius 3 is 2.59 bits per heavy atom. The molecule has 4 nitrogen and oxygen atoms in total. The Hall–Kier alpha value is -0.710. The van der Waals surface area contributed by atoms with Crippen LogP contribution in [0.4, 0.5) is 0 Å². The molecule has 92 valence electrons. The van der Waals surface area contributed by atoms with Gasteiger partial charge in [0.1, 0.15) is 11.7 Å². The summed E-state index contributed by atoms with van der Waals surface area (Å²) in [5.74, 6) is -0.283. The highest BCUT2D eigenvalue weighted by molar-refractivity contribution is 6.68. The maximum Gasteiger partial charge on any atom is 0.257 e. The number of rotatable bonds is 1. The molecule has 0 spiro atoms. The van der Waals surface area contributed by atoms with E-state index in [0.717, 1.165) is 0 Å². The van der Waals surface area contributed by atoms with Crippen LogP contribution in [0, 0.1) is 10.1 Å². The average Bonchev–Trinajstić information content (AvgIpc) is 2.26. The number of hydrogen-bond acceptors (Lipinski definition) is 3. The van der Waals surface area contributed by atoms with Crippen LogP contribution in [0.2, 0.25) is 0 Å². The van der Waals surface area contributed by atoms with E-state index in [1.54, 1.807) is 24.3 Å². The Morgan fingerprint density at radius 1 is 1.35 bits per heavy atom. The van der Waals surface area contributed by atoms with Crippen molar-refractivity contribution in [2.24, 2.45) is 0 Å². The second-order valence-electron chi connectivity index (χ2n) is 3.72. The Kier molecular flexibility index (Phi) is 3.39. The number of nitro groups is 1. The molecule has 7 heteroatoms. The topological polar surface area (TPSA) is 52.4 Å². The third-order valence-electron chi connectivity index (χ3n) is 2.67. The van der Waals surface area contributed by atoms with E-state index >= 15 is 0 Å². The molecule has 1 aliphatic heterocycles. The van der Waals surface area contributed by atoms with E-state index in [4.69, 9.17) is 39.5 Å². The normalized spacial score (nSPS) is 23.7. The van der Waals surface area contributed by atoms with Gasteiger partial charge in [0.2, 0.25) is 3.79 Å². The van der Waals surface area contributed by atoms with Gasteiger partial charge in [-0.3, -0.25) is 10.1 Å². The first-order valence-electron chi connectivity index (χ1n) is 4.83. The summed E-state index contributed by atoms with van der Waals surface area (Å²) in [6.45, 7) is -0.0947. The summed E-state index contributed by atoms with van der Waals surface area (Å²) in [4.78, 5) is 10.5. The molecule has 0 saturated heterocycles. The minimum absolute atomic E-state index is 0.0947. The van der Waals surface area contributed by atoms with Crippen LogP contribution in [0.1, 0.15) is 11.5 Å². The fourth-order valence-electron chi connectivity index (χ4n) is 1.92. The third-order valence-corrected chi connectivity index (χ3v) is 3.38. The highest BCUT2D eigenvalue weighted by Crippen LogP contribution is 2.48. The van der Waals surface area contributed by atoms with Crippen LogP contribution in [0.25, 0.3) is 0 Å². The van der Waals surface area contributed by atoms with Crippen LogP contribution in [-0.4, -0.2) is 21.4 Å². The van der Waals surface area contributed by atoms with Crippen molar-refractivity contribution in [2.45, 2.75) is 15.8 Å². The van der Waals surface area contributed by atoms with Gasteiger partial charge in [0.05, 0.1) is 0 Å². The zero-order valence-electron chi connectivity index (χ0n) is 8.48. The summed E-state index contributed by atoms with van der Waals surface area (Å²) >= 11 is 17.5. The first-order chi connectivity index (χ1) is 7.91. The lowest BCUT2D eigenvalue weighted by Gasteiger charge is -2.32. The highest BCUT2D eigenvalue weighted by Gasteiger charge is 2.50. The zero-order valence-corrected chi connectivity index (χ0v) is 10.7. The number of para-hydroxylation sites is 1. The molecular formula is C10H8Cl3NO3. The lowest BCUT2D eigenvalue weighted by Crippen LogP contribution is -2.42. The SMILES string of the molecule is O=[N+]([O-])[C@@H]1COc2ccccc2[C@@H]1C(Cl)(Cl)Cl. The van der Waals surface area contributed by atoms with Crippen LogP contribution in [0.3, 0.4) is 0 Å². The maximum absolute atomic E-state index is 11.0. The predicted molar refractivity (Wildman–Crippen MR) is 65.8 cm³/mol. The quantitative estimate of drug-likeness (QED) is 0.454.